The zero-order valence-corrected chi connectivity index (χ0v) is 13.7. The normalized spacial score (nSPS) is 19.2. The maximum absolute atomic E-state index is 6.21. The first-order valence-corrected chi connectivity index (χ1v) is 8.12. The molecule has 10 heteroatoms. The lowest BCUT2D eigenvalue weighted by molar-refractivity contribution is 0.0636. The molecule has 0 amide bonds. The SMILES string of the molecule is CCC(C(N)C(N)N)(C(N)C(N)N)[Si](OC)(OC)OC. The molecule has 0 aromatic rings. The van der Waals surface area contributed by atoms with Gasteiger partial charge in [0.25, 0.3) is 0 Å². The molecule has 122 valence electrons. The molecule has 0 spiro atoms. The molecule has 0 bridgehead atoms. The Bertz CT molecular complexity index is 268. The third kappa shape index (κ3) is 3.04. The molecular weight excluding hydrogens is 280 g/mol. The summed E-state index contributed by atoms with van der Waals surface area (Å²) in [5.74, 6) is 0. The summed E-state index contributed by atoms with van der Waals surface area (Å²) >= 11 is 0. The predicted molar refractivity (Wildman–Crippen MR) is 80.0 cm³/mol. The van der Waals surface area contributed by atoms with Crippen molar-refractivity contribution in [1.29, 1.82) is 0 Å². The predicted octanol–water partition coefficient (Wildman–Crippen LogP) is -2.84. The zero-order chi connectivity index (χ0) is 16.1. The van der Waals surface area contributed by atoms with Crippen LogP contribution in [0.4, 0.5) is 0 Å². The fraction of sp³-hybridized carbons (Fsp3) is 1.00. The van der Waals surface area contributed by atoms with Gasteiger partial charge >= 0.3 is 8.80 Å². The average Bonchev–Trinajstić information content (AvgIpc) is 2.43. The third-order valence-corrected chi connectivity index (χ3v) is 7.75. The Hall–Kier alpha value is -0.143. The summed E-state index contributed by atoms with van der Waals surface area (Å²) in [6.45, 7) is 1.86. The minimum absolute atomic E-state index is 0.437. The van der Waals surface area contributed by atoms with Gasteiger partial charge in [-0.1, -0.05) is 6.92 Å². The first-order chi connectivity index (χ1) is 9.20. The highest BCUT2D eigenvalue weighted by molar-refractivity contribution is 6.64. The van der Waals surface area contributed by atoms with E-state index in [9.17, 15) is 0 Å². The molecule has 0 fully saturated rings. The Kier molecular flexibility index (Phi) is 7.69. The molecule has 0 heterocycles. The minimum Gasteiger partial charge on any atom is -0.376 e. The van der Waals surface area contributed by atoms with Crippen LogP contribution in [0.15, 0.2) is 0 Å². The van der Waals surface area contributed by atoms with Gasteiger partial charge in [0.05, 0.1) is 17.4 Å². The van der Waals surface area contributed by atoms with Crippen molar-refractivity contribution in [2.75, 3.05) is 21.3 Å². The Morgan fingerprint density at radius 1 is 0.800 bits per heavy atom. The second kappa shape index (κ2) is 7.75. The van der Waals surface area contributed by atoms with Crippen molar-refractivity contribution in [1.82, 2.24) is 0 Å². The van der Waals surface area contributed by atoms with Crippen LogP contribution < -0.4 is 34.4 Å². The van der Waals surface area contributed by atoms with E-state index < -0.39 is 38.3 Å². The highest BCUT2D eigenvalue weighted by atomic mass is 28.4. The van der Waals surface area contributed by atoms with E-state index in [1.165, 1.54) is 21.3 Å². The smallest absolute Gasteiger partial charge is 0.376 e. The Labute approximate surface area is 121 Å². The lowest BCUT2D eigenvalue weighted by atomic mass is 9.85. The van der Waals surface area contributed by atoms with Gasteiger partial charge < -0.3 is 47.7 Å². The third-order valence-electron chi connectivity index (χ3n) is 3.98. The van der Waals surface area contributed by atoms with Crippen LogP contribution >= 0.6 is 0 Å². The van der Waals surface area contributed by atoms with Crippen molar-refractivity contribution in [3.8, 4) is 0 Å². The molecule has 0 saturated carbocycles. The van der Waals surface area contributed by atoms with Gasteiger partial charge in [-0.05, 0) is 6.42 Å². The van der Waals surface area contributed by atoms with Crippen LogP contribution in [0, 0.1) is 0 Å². The average molecular weight is 310 g/mol. The molecule has 0 radical (unpaired) electrons. The van der Waals surface area contributed by atoms with E-state index in [-0.39, 0.29) is 0 Å². The molecule has 0 aliphatic heterocycles. The van der Waals surface area contributed by atoms with Gasteiger partial charge in [0, 0.05) is 33.4 Å². The van der Waals surface area contributed by atoms with Crippen LogP contribution in [0.3, 0.4) is 0 Å². The second-order valence-corrected chi connectivity index (χ2v) is 8.04. The summed E-state index contributed by atoms with van der Waals surface area (Å²) in [5, 5.41) is -1.01. The molecule has 0 rings (SSSR count). The highest BCUT2D eigenvalue weighted by Crippen LogP contribution is 2.48. The van der Waals surface area contributed by atoms with E-state index in [1.807, 2.05) is 6.92 Å². The Morgan fingerprint density at radius 3 is 1.25 bits per heavy atom. The van der Waals surface area contributed by atoms with Crippen LogP contribution in [0.25, 0.3) is 0 Å². The van der Waals surface area contributed by atoms with E-state index in [2.05, 4.69) is 0 Å². The molecule has 0 aromatic carbocycles. The van der Waals surface area contributed by atoms with Gasteiger partial charge in [-0.2, -0.15) is 0 Å². The summed E-state index contributed by atoms with van der Waals surface area (Å²) < 4.78 is 16.6. The quantitative estimate of drug-likeness (QED) is 0.193. The molecule has 0 saturated heterocycles. The van der Waals surface area contributed by atoms with Crippen molar-refractivity contribution < 1.29 is 13.3 Å². The molecule has 0 aliphatic rings. The lowest BCUT2D eigenvalue weighted by Crippen LogP contribution is -2.74. The fourth-order valence-electron chi connectivity index (χ4n) is 2.83. The number of hydrogen-bond acceptors (Lipinski definition) is 9. The molecule has 2 unspecified atom stereocenters. The molecule has 12 N–H and O–H groups in total. The molecular formula is C10H30N6O3Si. The largest absolute Gasteiger partial charge is 0.510 e. The molecule has 9 nitrogen and oxygen atoms in total. The summed E-state index contributed by atoms with van der Waals surface area (Å²) in [6.07, 6.45) is -1.27. The molecule has 2 atom stereocenters. The number of nitrogens with two attached hydrogens (primary N) is 6. The molecule has 0 aliphatic carbocycles. The zero-order valence-electron chi connectivity index (χ0n) is 12.7. The van der Waals surface area contributed by atoms with E-state index in [0.29, 0.717) is 6.42 Å². The fourth-order valence-corrected chi connectivity index (χ4v) is 6.10. The maximum Gasteiger partial charge on any atom is 0.510 e. The maximum atomic E-state index is 6.21. The van der Waals surface area contributed by atoms with E-state index in [1.54, 1.807) is 0 Å². The first-order valence-electron chi connectivity index (χ1n) is 6.39. The van der Waals surface area contributed by atoms with Gasteiger partial charge in [0.1, 0.15) is 0 Å². The van der Waals surface area contributed by atoms with Crippen molar-refractivity contribution in [3.05, 3.63) is 0 Å². The standard InChI is InChI=1S/C10H30N6O3Si/c1-5-10(6(11)8(13)14,7(12)9(15)16)20(17-2,18-3)19-4/h6-9H,5,11-16H2,1-4H3. The van der Waals surface area contributed by atoms with E-state index in [0.717, 1.165) is 0 Å². The van der Waals surface area contributed by atoms with Crippen molar-refractivity contribution in [3.63, 3.8) is 0 Å². The number of rotatable bonds is 9. The van der Waals surface area contributed by atoms with Crippen LogP contribution in [-0.2, 0) is 13.3 Å². The van der Waals surface area contributed by atoms with Gasteiger partial charge in [-0.25, -0.2) is 0 Å². The first kappa shape index (κ1) is 19.9. The summed E-state index contributed by atoms with van der Waals surface area (Å²) in [5.41, 5.74) is 35.5. The van der Waals surface area contributed by atoms with Gasteiger partial charge in [0.2, 0.25) is 0 Å². The Morgan fingerprint density at radius 2 is 1.10 bits per heavy atom. The topological polar surface area (TPSA) is 184 Å². The summed E-state index contributed by atoms with van der Waals surface area (Å²) in [7, 11) is 1.08. The van der Waals surface area contributed by atoms with Gasteiger partial charge in [-0.3, -0.25) is 0 Å². The summed E-state index contributed by atoms with van der Waals surface area (Å²) in [6, 6.07) is -1.52. The van der Waals surface area contributed by atoms with Crippen molar-refractivity contribution >= 4 is 8.80 Å². The van der Waals surface area contributed by atoms with Crippen LogP contribution in [0.2, 0.25) is 5.04 Å². The van der Waals surface area contributed by atoms with Crippen molar-refractivity contribution in [2.24, 2.45) is 34.4 Å². The highest BCUT2D eigenvalue weighted by Gasteiger charge is 2.66. The van der Waals surface area contributed by atoms with E-state index >= 15 is 0 Å². The Balaban J connectivity index is 6.13. The van der Waals surface area contributed by atoms with Crippen LogP contribution in [0.5, 0.6) is 0 Å². The number of hydrogen-bond donors (Lipinski definition) is 6. The van der Waals surface area contributed by atoms with Gasteiger partial charge in [-0.15, -0.1) is 0 Å². The van der Waals surface area contributed by atoms with Crippen LogP contribution in [-0.4, -0.2) is 54.5 Å². The molecule has 20 heavy (non-hydrogen) atoms. The van der Waals surface area contributed by atoms with Crippen LogP contribution in [0.1, 0.15) is 13.3 Å². The van der Waals surface area contributed by atoms with E-state index in [4.69, 9.17) is 47.7 Å². The lowest BCUT2D eigenvalue weighted by Gasteiger charge is -2.51. The molecule has 0 aromatic heterocycles. The van der Waals surface area contributed by atoms with Gasteiger partial charge in [0.15, 0.2) is 0 Å². The summed E-state index contributed by atoms with van der Waals surface area (Å²) in [4.78, 5) is 0. The second-order valence-electron chi connectivity index (χ2n) is 4.77. The van der Waals surface area contributed by atoms with Crippen molar-refractivity contribution in [2.45, 2.75) is 42.8 Å². The minimum atomic E-state index is -3.32. The monoisotopic (exact) mass is 310 g/mol.